The fourth-order valence-electron chi connectivity index (χ4n) is 2.77. The number of ether oxygens (including phenoxy) is 1. The molecule has 2 aliphatic rings. The highest BCUT2D eigenvalue weighted by atomic mass is 16.5. The summed E-state index contributed by atoms with van der Waals surface area (Å²) in [5.41, 5.74) is 9.05. The second-order valence-electron chi connectivity index (χ2n) is 5.23. The maximum atomic E-state index is 5.93. The summed E-state index contributed by atoms with van der Waals surface area (Å²) in [5.74, 6) is 0. The number of benzene rings is 1. The van der Waals surface area contributed by atoms with Crippen LogP contribution >= 0.6 is 0 Å². The van der Waals surface area contributed by atoms with E-state index in [1.54, 1.807) is 0 Å². The molecule has 0 atom stereocenters. The first kappa shape index (κ1) is 10.3. The second-order valence-corrected chi connectivity index (χ2v) is 5.23. The number of methoxy groups -OCH3 is 1. The largest absolute Gasteiger partial charge is 0.374 e. The van der Waals surface area contributed by atoms with Gasteiger partial charge in [-0.15, -0.1) is 0 Å². The molecule has 16 heavy (non-hydrogen) atoms. The average Bonchev–Trinajstić information content (AvgIpc) is 3.24. The lowest BCUT2D eigenvalue weighted by Crippen LogP contribution is -2.24. The fourth-order valence-corrected chi connectivity index (χ4v) is 2.77. The van der Waals surface area contributed by atoms with Crippen LogP contribution in [0.3, 0.4) is 0 Å². The molecule has 0 bridgehead atoms. The summed E-state index contributed by atoms with van der Waals surface area (Å²) in [6.45, 7) is 0.768. The van der Waals surface area contributed by atoms with E-state index in [0.717, 1.165) is 19.4 Å². The van der Waals surface area contributed by atoms with Gasteiger partial charge in [0.15, 0.2) is 0 Å². The Morgan fingerprint density at radius 3 is 2.19 bits per heavy atom. The van der Waals surface area contributed by atoms with Gasteiger partial charge in [-0.25, -0.2) is 0 Å². The summed E-state index contributed by atoms with van der Waals surface area (Å²) in [7, 11) is 1.83. The summed E-state index contributed by atoms with van der Waals surface area (Å²) < 4.78 is 5.70. The van der Waals surface area contributed by atoms with Crippen LogP contribution in [0.4, 0.5) is 0 Å². The van der Waals surface area contributed by atoms with Gasteiger partial charge in [-0.3, -0.25) is 0 Å². The van der Waals surface area contributed by atoms with E-state index in [4.69, 9.17) is 10.5 Å². The molecule has 0 aliphatic heterocycles. The quantitative estimate of drug-likeness (QED) is 0.840. The van der Waals surface area contributed by atoms with Crippen LogP contribution in [0, 0.1) is 0 Å². The molecule has 1 aromatic carbocycles. The summed E-state index contributed by atoms with van der Waals surface area (Å²) >= 11 is 0. The van der Waals surface area contributed by atoms with Crippen molar-refractivity contribution in [3.8, 4) is 0 Å². The fraction of sp³-hybridized carbons (Fsp3) is 0.571. The molecule has 1 aromatic rings. The van der Waals surface area contributed by atoms with Crippen LogP contribution in [0.25, 0.3) is 0 Å². The Labute approximate surface area is 96.8 Å². The van der Waals surface area contributed by atoms with Crippen LogP contribution in [0.1, 0.15) is 36.8 Å². The van der Waals surface area contributed by atoms with E-state index in [1.807, 2.05) is 7.11 Å². The summed E-state index contributed by atoms with van der Waals surface area (Å²) in [4.78, 5) is 0. The van der Waals surface area contributed by atoms with Crippen molar-refractivity contribution in [3.05, 3.63) is 35.4 Å². The zero-order valence-electron chi connectivity index (χ0n) is 9.83. The van der Waals surface area contributed by atoms with Crippen molar-refractivity contribution < 1.29 is 4.74 Å². The summed E-state index contributed by atoms with van der Waals surface area (Å²) in [5, 5.41) is 0. The van der Waals surface area contributed by atoms with E-state index in [9.17, 15) is 0 Å². The van der Waals surface area contributed by atoms with Gasteiger partial charge in [0.05, 0.1) is 5.60 Å². The van der Waals surface area contributed by atoms with E-state index in [-0.39, 0.29) is 11.0 Å². The molecule has 3 rings (SSSR count). The van der Waals surface area contributed by atoms with Gasteiger partial charge in [0.2, 0.25) is 0 Å². The Bertz CT molecular complexity index is 366. The number of hydrogen-bond acceptors (Lipinski definition) is 2. The molecule has 2 heteroatoms. The minimum absolute atomic E-state index is 0.0152. The van der Waals surface area contributed by atoms with Gasteiger partial charge in [0.25, 0.3) is 0 Å². The van der Waals surface area contributed by atoms with Crippen LogP contribution in [-0.4, -0.2) is 13.7 Å². The number of hydrogen-bond donors (Lipinski definition) is 1. The topological polar surface area (TPSA) is 35.2 Å². The molecule has 2 N–H and O–H groups in total. The molecule has 0 aromatic heterocycles. The van der Waals surface area contributed by atoms with Crippen molar-refractivity contribution in [2.45, 2.75) is 36.7 Å². The molecule has 0 amide bonds. The molecular weight excluding hydrogens is 198 g/mol. The molecule has 2 fully saturated rings. The lowest BCUT2D eigenvalue weighted by atomic mass is 9.88. The van der Waals surface area contributed by atoms with Gasteiger partial charge in [0, 0.05) is 19.1 Å². The van der Waals surface area contributed by atoms with Gasteiger partial charge in [0.1, 0.15) is 0 Å². The molecule has 2 aliphatic carbocycles. The van der Waals surface area contributed by atoms with Crippen molar-refractivity contribution in [2.24, 2.45) is 5.73 Å². The Hall–Kier alpha value is -0.860. The molecule has 0 saturated heterocycles. The second kappa shape index (κ2) is 3.31. The molecule has 0 radical (unpaired) electrons. The zero-order chi connectivity index (χ0) is 11.2. The normalized spacial score (nSPS) is 24.1. The first-order valence-corrected chi connectivity index (χ1v) is 6.12. The monoisotopic (exact) mass is 217 g/mol. The summed E-state index contributed by atoms with van der Waals surface area (Å²) in [6, 6.07) is 8.71. The average molecular weight is 217 g/mol. The van der Waals surface area contributed by atoms with Crippen molar-refractivity contribution in [1.29, 1.82) is 0 Å². The maximum absolute atomic E-state index is 5.93. The van der Waals surface area contributed by atoms with Gasteiger partial charge in [-0.05, 0) is 36.8 Å². The van der Waals surface area contributed by atoms with E-state index in [2.05, 4.69) is 24.3 Å². The highest BCUT2D eigenvalue weighted by molar-refractivity contribution is 5.44. The first-order valence-electron chi connectivity index (χ1n) is 6.12. The van der Waals surface area contributed by atoms with Crippen LogP contribution in [0.5, 0.6) is 0 Å². The van der Waals surface area contributed by atoms with Crippen LogP contribution in [0.2, 0.25) is 0 Å². The van der Waals surface area contributed by atoms with Crippen molar-refractivity contribution in [1.82, 2.24) is 0 Å². The number of rotatable bonds is 4. The lowest BCUT2D eigenvalue weighted by molar-refractivity contribution is 0.0777. The molecule has 2 nitrogen and oxygen atoms in total. The van der Waals surface area contributed by atoms with E-state index in [0.29, 0.717) is 0 Å². The van der Waals surface area contributed by atoms with Crippen molar-refractivity contribution in [3.63, 3.8) is 0 Å². The van der Waals surface area contributed by atoms with E-state index in [1.165, 1.54) is 24.0 Å². The van der Waals surface area contributed by atoms with Crippen LogP contribution in [-0.2, 0) is 15.8 Å². The van der Waals surface area contributed by atoms with Crippen LogP contribution < -0.4 is 5.73 Å². The molecular formula is C14H19NO. The van der Waals surface area contributed by atoms with Gasteiger partial charge >= 0.3 is 0 Å². The smallest absolute Gasteiger partial charge is 0.0932 e. The van der Waals surface area contributed by atoms with Crippen molar-refractivity contribution in [2.75, 3.05) is 13.7 Å². The third-order valence-electron chi connectivity index (χ3n) is 4.33. The highest BCUT2D eigenvalue weighted by Crippen LogP contribution is 2.56. The Kier molecular flexibility index (Phi) is 2.13. The minimum Gasteiger partial charge on any atom is -0.374 e. The minimum atomic E-state index is 0.0152. The molecule has 0 spiro atoms. The molecule has 0 heterocycles. The van der Waals surface area contributed by atoms with E-state index < -0.39 is 0 Å². The third-order valence-corrected chi connectivity index (χ3v) is 4.33. The van der Waals surface area contributed by atoms with Gasteiger partial charge in [-0.1, -0.05) is 24.3 Å². The molecule has 2 saturated carbocycles. The SMILES string of the molecule is COC1(c2ccccc2C2(CN)CC2)CC1. The lowest BCUT2D eigenvalue weighted by Gasteiger charge is -2.23. The Morgan fingerprint density at radius 1 is 1.12 bits per heavy atom. The van der Waals surface area contributed by atoms with Gasteiger partial charge < -0.3 is 10.5 Å². The Morgan fingerprint density at radius 2 is 1.75 bits per heavy atom. The third kappa shape index (κ3) is 1.33. The first-order chi connectivity index (χ1) is 7.76. The predicted molar refractivity (Wildman–Crippen MR) is 64.3 cm³/mol. The maximum Gasteiger partial charge on any atom is 0.0932 e. The van der Waals surface area contributed by atoms with Gasteiger partial charge in [-0.2, -0.15) is 0 Å². The molecule has 86 valence electrons. The number of nitrogens with two attached hydrogens (primary N) is 1. The zero-order valence-corrected chi connectivity index (χ0v) is 9.83. The molecule has 0 unspecified atom stereocenters. The summed E-state index contributed by atoms with van der Waals surface area (Å²) in [6.07, 6.45) is 4.78. The Balaban J connectivity index is 2.05. The highest BCUT2D eigenvalue weighted by Gasteiger charge is 2.51. The standard InChI is InChI=1S/C14H19NO/c1-16-14(8-9-14)12-5-3-2-4-11(12)13(10-15)6-7-13/h2-5H,6-10,15H2,1H3. The predicted octanol–water partition coefficient (Wildman–Crippen LogP) is 2.31. The van der Waals surface area contributed by atoms with Crippen LogP contribution in [0.15, 0.2) is 24.3 Å². The van der Waals surface area contributed by atoms with Crippen molar-refractivity contribution >= 4 is 0 Å². The van der Waals surface area contributed by atoms with E-state index >= 15 is 0 Å².